The van der Waals surface area contributed by atoms with E-state index in [-0.39, 0.29) is 35.9 Å². The molecule has 1 saturated carbocycles. The summed E-state index contributed by atoms with van der Waals surface area (Å²) < 4.78 is 17.3. The number of nitrogens with two attached hydrogens (primary N) is 1. The van der Waals surface area contributed by atoms with Crippen LogP contribution < -0.4 is 15.8 Å². The second kappa shape index (κ2) is 9.05. The third kappa shape index (κ3) is 5.46. The molecule has 2 aliphatic rings. The van der Waals surface area contributed by atoms with Crippen LogP contribution in [0, 0.1) is 5.92 Å². The Balaban J connectivity index is 0.00000225. The lowest BCUT2D eigenvalue weighted by Gasteiger charge is -2.34. The minimum absolute atomic E-state index is 0. The molecule has 0 amide bonds. The Labute approximate surface area is 166 Å². The van der Waals surface area contributed by atoms with Gasteiger partial charge in [-0.3, -0.25) is 4.99 Å². The van der Waals surface area contributed by atoms with Crippen molar-refractivity contribution >= 4 is 35.6 Å². The molecule has 0 radical (unpaired) electrons. The molecule has 1 unspecified atom stereocenters. The smallest absolute Gasteiger partial charge is 0.193 e. The Bertz CT molecular complexity index is 589. The van der Waals surface area contributed by atoms with E-state index < -0.39 is 0 Å². The Morgan fingerprint density at radius 3 is 2.88 bits per heavy atom. The fourth-order valence-corrected chi connectivity index (χ4v) is 3.26. The second-order valence-electron chi connectivity index (χ2n) is 6.73. The number of benzene rings is 1. The molecule has 6 nitrogen and oxygen atoms in total. The minimum Gasteiger partial charge on any atom is -0.497 e. The SMILES string of the molecule is COc1cccc(NC(N)=NCC2COC3(CCC(C)CC3)O2)c1.I. The van der Waals surface area contributed by atoms with Crippen LogP contribution >= 0.6 is 24.0 Å². The molecule has 25 heavy (non-hydrogen) atoms. The van der Waals surface area contributed by atoms with Crippen LogP contribution in [0.25, 0.3) is 0 Å². The summed E-state index contributed by atoms with van der Waals surface area (Å²) in [5.74, 6) is 1.53. The van der Waals surface area contributed by atoms with Crippen molar-refractivity contribution in [1.29, 1.82) is 0 Å². The van der Waals surface area contributed by atoms with Crippen LogP contribution in [-0.4, -0.2) is 38.1 Å². The molecule has 1 saturated heterocycles. The quantitative estimate of drug-likeness (QED) is 0.409. The van der Waals surface area contributed by atoms with Gasteiger partial charge in [0, 0.05) is 24.6 Å². The van der Waals surface area contributed by atoms with E-state index in [4.69, 9.17) is 19.9 Å². The second-order valence-corrected chi connectivity index (χ2v) is 6.73. The zero-order valence-electron chi connectivity index (χ0n) is 14.9. The standard InChI is InChI=1S/C18H27N3O3.HI/c1-13-6-8-18(9-7-13)23-12-16(24-18)11-20-17(19)21-14-4-3-5-15(10-14)22-2;/h3-5,10,13,16H,6-9,11-12H2,1-2H3,(H3,19,20,21);1H. The van der Waals surface area contributed by atoms with Gasteiger partial charge in [-0.05, 0) is 30.9 Å². The number of nitrogens with zero attached hydrogens (tertiary/aromatic N) is 1. The average molecular weight is 461 g/mol. The molecule has 0 aromatic heterocycles. The van der Waals surface area contributed by atoms with Crippen molar-refractivity contribution in [3.63, 3.8) is 0 Å². The number of methoxy groups -OCH3 is 1. The predicted molar refractivity (Wildman–Crippen MR) is 110 cm³/mol. The highest BCUT2D eigenvalue weighted by Gasteiger charge is 2.43. The lowest BCUT2D eigenvalue weighted by molar-refractivity contribution is -0.190. The van der Waals surface area contributed by atoms with Crippen molar-refractivity contribution < 1.29 is 14.2 Å². The zero-order chi connectivity index (χ0) is 17.0. The molecule has 140 valence electrons. The van der Waals surface area contributed by atoms with Gasteiger partial charge in [0.1, 0.15) is 11.9 Å². The zero-order valence-corrected chi connectivity index (χ0v) is 17.2. The van der Waals surface area contributed by atoms with Crippen molar-refractivity contribution in [2.45, 2.75) is 44.5 Å². The van der Waals surface area contributed by atoms with Crippen LogP contribution in [0.4, 0.5) is 5.69 Å². The van der Waals surface area contributed by atoms with E-state index in [2.05, 4.69) is 17.2 Å². The van der Waals surface area contributed by atoms with E-state index >= 15 is 0 Å². The van der Waals surface area contributed by atoms with Crippen molar-refractivity contribution in [1.82, 2.24) is 0 Å². The highest BCUT2D eigenvalue weighted by atomic mass is 127. The number of rotatable bonds is 4. The molecular formula is C18H28IN3O3. The number of ether oxygens (including phenoxy) is 3. The van der Waals surface area contributed by atoms with Crippen molar-refractivity contribution in [3.05, 3.63) is 24.3 Å². The summed E-state index contributed by atoms with van der Waals surface area (Å²) in [7, 11) is 1.63. The molecule has 1 aliphatic carbocycles. The topological polar surface area (TPSA) is 78.1 Å². The van der Waals surface area contributed by atoms with Gasteiger partial charge in [-0.1, -0.05) is 13.0 Å². The van der Waals surface area contributed by atoms with E-state index in [0.717, 1.165) is 43.0 Å². The molecule has 3 N–H and O–H groups in total. The summed E-state index contributed by atoms with van der Waals surface area (Å²) >= 11 is 0. The van der Waals surface area contributed by atoms with E-state index in [1.165, 1.54) is 0 Å². The molecule has 2 fully saturated rings. The lowest BCUT2D eigenvalue weighted by Crippen LogP contribution is -2.35. The maximum atomic E-state index is 6.14. The molecule has 1 heterocycles. The van der Waals surface area contributed by atoms with Gasteiger partial charge in [-0.15, -0.1) is 24.0 Å². The molecular weight excluding hydrogens is 433 g/mol. The molecule has 1 aromatic rings. The molecule has 1 atom stereocenters. The summed E-state index contributed by atoms with van der Waals surface area (Å²) in [6.45, 7) is 3.37. The number of aliphatic imine (C=N–C) groups is 1. The number of guanidine groups is 1. The summed E-state index contributed by atoms with van der Waals surface area (Å²) in [6, 6.07) is 7.57. The number of hydrogen-bond acceptors (Lipinski definition) is 4. The van der Waals surface area contributed by atoms with E-state index in [1.54, 1.807) is 7.11 Å². The van der Waals surface area contributed by atoms with Crippen LogP contribution in [0.3, 0.4) is 0 Å². The Kier molecular flexibility index (Phi) is 7.33. The maximum Gasteiger partial charge on any atom is 0.193 e. The highest BCUT2D eigenvalue weighted by Crippen LogP contribution is 2.39. The Hall–Kier alpha value is -1.06. The van der Waals surface area contributed by atoms with Gasteiger partial charge in [0.15, 0.2) is 11.7 Å². The normalized spacial score (nSPS) is 29.3. The van der Waals surface area contributed by atoms with E-state index in [9.17, 15) is 0 Å². The highest BCUT2D eigenvalue weighted by molar-refractivity contribution is 14.0. The van der Waals surface area contributed by atoms with Crippen LogP contribution in [0.1, 0.15) is 32.6 Å². The fraction of sp³-hybridized carbons (Fsp3) is 0.611. The van der Waals surface area contributed by atoms with Gasteiger partial charge in [0.2, 0.25) is 0 Å². The monoisotopic (exact) mass is 461 g/mol. The summed E-state index contributed by atoms with van der Waals surface area (Å²) in [5.41, 5.74) is 6.81. The van der Waals surface area contributed by atoms with Gasteiger partial charge in [-0.25, -0.2) is 0 Å². The number of halogens is 1. The number of nitrogens with one attached hydrogen (secondary N) is 1. The Morgan fingerprint density at radius 1 is 1.40 bits per heavy atom. The summed E-state index contributed by atoms with van der Waals surface area (Å²) in [6.07, 6.45) is 4.26. The molecule has 1 aliphatic heterocycles. The largest absolute Gasteiger partial charge is 0.497 e. The van der Waals surface area contributed by atoms with Crippen molar-refractivity contribution in [2.75, 3.05) is 25.6 Å². The molecule has 7 heteroatoms. The first kappa shape index (κ1) is 20.3. The van der Waals surface area contributed by atoms with Gasteiger partial charge >= 0.3 is 0 Å². The fourth-order valence-electron chi connectivity index (χ4n) is 3.26. The van der Waals surface area contributed by atoms with Crippen molar-refractivity contribution in [2.24, 2.45) is 16.6 Å². The minimum atomic E-state index is -0.373. The van der Waals surface area contributed by atoms with Crippen LogP contribution in [-0.2, 0) is 9.47 Å². The predicted octanol–water partition coefficient (Wildman–Crippen LogP) is 3.36. The molecule has 1 aromatic carbocycles. The number of anilines is 1. The van der Waals surface area contributed by atoms with Crippen molar-refractivity contribution in [3.8, 4) is 5.75 Å². The molecule has 1 spiro atoms. The third-order valence-corrected chi connectivity index (χ3v) is 4.76. The van der Waals surface area contributed by atoms with Gasteiger partial charge in [0.05, 0.1) is 20.3 Å². The van der Waals surface area contributed by atoms with Crippen LogP contribution in [0.15, 0.2) is 29.3 Å². The third-order valence-electron chi connectivity index (χ3n) is 4.76. The summed E-state index contributed by atoms with van der Waals surface area (Å²) in [5, 5.41) is 3.07. The van der Waals surface area contributed by atoms with Gasteiger partial charge < -0.3 is 25.3 Å². The molecule has 0 bridgehead atoms. The lowest BCUT2D eigenvalue weighted by atomic mass is 9.86. The molecule has 3 rings (SSSR count). The maximum absolute atomic E-state index is 6.14. The van der Waals surface area contributed by atoms with Crippen LogP contribution in [0.2, 0.25) is 0 Å². The first-order chi connectivity index (χ1) is 11.6. The van der Waals surface area contributed by atoms with Crippen LogP contribution in [0.5, 0.6) is 5.75 Å². The summed E-state index contributed by atoms with van der Waals surface area (Å²) in [4.78, 5) is 4.39. The first-order valence-corrected chi connectivity index (χ1v) is 8.61. The van der Waals surface area contributed by atoms with Gasteiger partial charge in [0.25, 0.3) is 0 Å². The average Bonchev–Trinajstić information content (AvgIpc) is 2.99. The van der Waals surface area contributed by atoms with E-state index in [1.807, 2.05) is 24.3 Å². The first-order valence-electron chi connectivity index (χ1n) is 8.61. The Morgan fingerprint density at radius 2 is 2.16 bits per heavy atom. The van der Waals surface area contributed by atoms with E-state index in [0.29, 0.717) is 19.1 Å². The number of hydrogen-bond donors (Lipinski definition) is 2. The van der Waals surface area contributed by atoms with Gasteiger partial charge in [-0.2, -0.15) is 0 Å².